The zero-order chi connectivity index (χ0) is 33.4. The molecule has 0 heterocycles. The van der Waals surface area contributed by atoms with Crippen molar-refractivity contribution in [3.05, 3.63) is 66.2 Å². The van der Waals surface area contributed by atoms with E-state index in [4.69, 9.17) is 18.9 Å². The van der Waals surface area contributed by atoms with Crippen LogP contribution in [0, 0.1) is 5.92 Å². The molecule has 4 rings (SSSR count). The zero-order valence-corrected chi connectivity index (χ0v) is 28.5. The molecule has 2 unspecified atom stereocenters. The van der Waals surface area contributed by atoms with Crippen molar-refractivity contribution in [3.63, 3.8) is 0 Å². The number of carbonyl (C=O) groups excluding carboxylic acids is 2. The van der Waals surface area contributed by atoms with Crippen molar-refractivity contribution in [2.45, 2.75) is 129 Å². The first-order chi connectivity index (χ1) is 22.8. The van der Waals surface area contributed by atoms with Gasteiger partial charge in [0.25, 0.3) is 0 Å². The molecule has 1 aliphatic carbocycles. The standard InChI is InChI=1S/C40H53FO6/c1-4-6-7-8-9-10-25-44-34-21-23-36(24-22-34)46-40(43)47-38-20-15-31-27-37(19-14-32(31)28-38)45-35-17-12-30(13-18-35)26-33(42)16-11-29(3)39(41)5-2/h12-15,17-20,27-29,34,36,39H,4-11,16,21-26H2,1-3H3. The van der Waals surface area contributed by atoms with E-state index in [0.717, 1.165) is 55.0 Å². The van der Waals surface area contributed by atoms with Gasteiger partial charge in [0.15, 0.2) is 0 Å². The van der Waals surface area contributed by atoms with Gasteiger partial charge in [0, 0.05) is 19.4 Å². The molecule has 256 valence electrons. The Kier molecular flexibility index (Phi) is 15.0. The number of carbonyl (C=O) groups is 2. The van der Waals surface area contributed by atoms with Gasteiger partial charge in [0.2, 0.25) is 0 Å². The predicted molar refractivity (Wildman–Crippen MR) is 185 cm³/mol. The molecule has 2 atom stereocenters. The minimum Gasteiger partial charge on any atom is -0.457 e. The highest BCUT2D eigenvalue weighted by atomic mass is 19.1. The van der Waals surface area contributed by atoms with Crippen LogP contribution in [0.15, 0.2) is 60.7 Å². The maximum Gasteiger partial charge on any atom is 0.514 e. The van der Waals surface area contributed by atoms with Crippen molar-refractivity contribution < 1.29 is 32.9 Å². The molecule has 0 aliphatic heterocycles. The second-order valence-electron chi connectivity index (χ2n) is 13.1. The predicted octanol–water partition coefficient (Wildman–Crippen LogP) is 11.1. The molecule has 0 radical (unpaired) electrons. The van der Waals surface area contributed by atoms with E-state index in [1.165, 1.54) is 32.1 Å². The van der Waals surface area contributed by atoms with Gasteiger partial charge in [-0.2, -0.15) is 0 Å². The minimum atomic E-state index is -0.853. The molecule has 0 bridgehead atoms. The second-order valence-corrected chi connectivity index (χ2v) is 13.1. The average molecular weight is 649 g/mol. The van der Waals surface area contributed by atoms with Gasteiger partial charge in [-0.15, -0.1) is 0 Å². The van der Waals surface area contributed by atoms with E-state index < -0.39 is 12.3 Å². The van der Waals surface area contributed by atoms with Crippen LogP contribution in [0.5, 0.6) is 17.2 Å². The third-order valence-corrected chi connectivity index (χ3v) is 9.17. The smallest absolute Gasteiger partial charge is 0.457 e. The molecule has 0 saturated heterocycles. The Labute approximate surface area is 280 Å². The van der Waals surface area contributed by atoms with Gasteiger partial charge in [0.05, 0.1) is 6.10 Å². The van der Waals surface area contributed by atoms with Crippen LogP contribution in [0.2, 0.25) is 0 Å². The summed E-state index contributed by atoms with van der Waals surface area (Å²) in [5.41, 5.74) is 0.910. The van der Waals surface area contributed by atoms with Crippen LogP contribution in [0.3, 0.4) is 0 Å². The van der Waals surface area contributed by atoms with Gasteiger partial charge in [-0.25, -0.2) is 9.18 Å². The highest BCUT2D eigenvalue weighted by Crippen LogP contribution is 2.29. The quantitative estimate of drug-likeness (QED) is 0.0732. The minimum absolute atomic E-state index is 0.0996. The number of fused-ring (bicyclic) bond motifs is 1. The van der Waals surface area contributed by atoms with Gasteiger partial charge in [0.1, 0.15) is 35.3 Å². The van der Waals surface area contributed by atoms with Gasteiger partial charge < -0.3 is 18.9 Å². The topological polar surface area (TPSA) is 71.1 Å². The molecular weight excluding hydrogens is 595 g/mol. The van der Waals surface area contributed by atoms with Crippen LogP contribution in [0.4, 0.5) is 9.18 Å². The van der Waals surface area contributed by atoms with Gasteiger partial charge in [-0.05, 0) is 104 Å². The van der Waals surface area contributed by atoms with Gasteiger partial charge in [-0.1, -0.05) is 77.1 Å². The lowest BCUT2D eigenvalue weighted by Gasteiger charge is -2.28. The molecule has 7 heteroatoms. The van der Waals surface area contributed by atoms with Crippen molar-refractivity contribution in [3.8, 4) is 17.2 Å². The van der Waals surface area contributed by atoms with E-state index in [-0.39, 0.29) is 23.9 Å². The Morgan fingerprint density at radius 1 is 0.787 bits per heavy atom. The highest BCUT2D eigenvalue weighted by molar-refractivity contribution is 5.86. The van der Waals surface area contributed by atoms with E-state index in [2.05, 4.69) is 6.92 Å². The summed E-state index contributed by atoms with van der Waals surface area (Å²) in [6.45, 7) is 6.75. The van der Waals surface area contributed by atoms with Crippen molar-refractivity contribution in [1.82, 2.24) is 0 Å². The molecular formula is C40H53FO6. The maximum atomic E-state index is 13.8. The zero-order valence-electron chi connectivity index (χ0n) is 28.5. The summed E-state index contributed by atoms with van der Waals surface area (Å²) in [6, 6.07) is 18.6. The molecule has 0 spiro atoms. The summed E-state index contributed by atoms with van der Waals surface area (Å²) in [5.74, 6) is 1.79. The van der Waals surface area contributed by atoms with E-state index in [1.54, 1.807) is 6.07 Å². The molecule has 0 aromatic heterocycles. The van der Waals surface area contributed by atoms with Crippen LogP contribution in [-0.2, 0) is 20.7 Å². The van der Waals surface area contributed by atoms with Gasteiger partial charge >= 0.3 is 6.16 Å². The van der Waals surface area contributed by atoms with Crippen LogP contribution in [0.25, 0.3) is 10.8 Å². The first-order valence-corrected chi connectivity index (χ1v) is 17.8. The first kappa shape index (κ1) is 36.4. The normalized spacial score (nSPS) is 17.6. The Bertz CT molecular complexity index is 1380. The van der Waals surface area contributed by atoms with E-state index >= 15 is 0 Å². The lowest BCUT2D eigenvalue weighted by molar-refractivity contribution is -0.118. The third kappa shape index (κ3) is 12.6. The third-order valence-electron chi connectivity index (χ3n) is 9.17. The lowest BCUT2D eigenvalue weighted by atomic mass is 9.95. The number of hydrogen-bond donors (Lipinski definition) is 0. The lowest BCUT2D eigenvalue weighted by Crippen LogP contribution is -2.29. The van der Waals surface area contributed by atoms with Crippen molar-refractivity contribution in [2.24, 2.45) is 5.92 Å². The Morgan fingerprint density at radius 2 is 1.40 bits per heavy atom. The van der Waals surface area contributed by atoms with Crippen molar-refractivity contribution in [1.29, 1.82) is 0 Å². The highest BCUT2D eigenvalue weighted by Gasteiger charge is 2.25. The summed E-state index contributed by atoms with van der Waals surface area (Å²) in [7, 11) is 0. The Hall–Kier alpha value is -3.45. The average Bonchev–Trinajstić information content (AvgIpc) is 3.08. The number of unbranched alkanes of at least 4 members (excludes halogenated alkanes) is 5. The van der Waals surface area contributed by atoms with E-state index in [9.17, 15) is 14.0 Å². The van der Waals surface area contributed by atoms with Crippen LogP contribution in [-0.4, -0.2) is 36.9 Å². The largest absolute Gasteiger partial charge is 0.514 e. The fourth-order valence-corrected chi connectivity index (χ4v) is 6.13. The van der Waals surface area contributed by atoms with E-state index in [0.29, 0.717) is 42.9 Å². The molecule has 3 aromatic carbocycles. The summed E-state index contributed by atoms with van der Waals surface area (Å²) < 4.78 is 37.0. The van der Waals surface area contributed by atoms with Crippen LogP contribution in [0.1, 0.15) is 110 Å². The molecule has 3 aromatic rings. The Morgan fingerprint density at radius 3 is 2.11 bits per heavy atom. The van der Waals surface area contributed by atoms with Crippen LogP contribution >= 0.6 is 0 Å². The molecule has 1 aliphatic rings. The summed E-state index contributed by atoms with van der Waals surface area (Å²) in [4.78, 5) is 24.9. The summed E-state index contributed by atoms with van der Waals surface area (Å²) >= 11 is 0. The molecule has 1 fully saturated rings. The number of benzene rings is 3. The maximum absolute atomic E-state index is 13.8. The molecule has 1 saturated carbocycles. The number of halogens is 1. The summed E-state index contributed by atoms with van der Waals surface area (Å²) in [5, 5.41) is 1.85. The van der Waals surface area contributed by atoms with Crippen molar-refractivity contribution in [2.75, 3.05) is 6.61 Å². The number of ether oxygens (including phenoxy) is 4. The number of ketones is 1. The summed E-state index contributed by atoms with van der Waals surface area (Å²) in [6.07, 6.45) is 11.3. The Balaban J connectivity index is 1.17. The number of rotatable bonds is 19. The molecule has 0 amide bonds. The number of hydrogen-bond acceptors (Lipinski definition) is 6. The van der Waals surface area contributed by atoms with Gasteiger partial charge in [-0.3, -0.25) is 4.79 Å². The molecule has 0 N–H and O–H groups in total. The SMILES string of the molecule is CCCCCCCCOC1CCC(OC(=O)Oc2ccc3cc(Oc4ccc(CC(=O)CCC(C)C(F)CC)cc4)ccc3c2)CC1. The molecule has 47 heavy (non-hydrogen) atoms. The first-order valence-electron chi connectivity index (χ1n) is 17.8. The second kappa shape index (κ2) is 19.4. The van der Waals surface area contributed by atoms with Crippen molar-refractivity contribution >= 4 is 22.7 Å². The van der Waals surface area contributed by atoms with Crippen LogP contribution < -0.4 is 9.47 Å². The monoisotopic (exact) mass is 648 g/mol. The molecule has 6 nitrogen and oxygen atoms in total. The van der Waals surface area contributed by atoms with E-state index in [1.807, 2.05) is 68.4 Å². The number of alkyl halides is 1. The number of Topliss-reactive ketones (excluding diaryl/α,β-unsaturated/α-hetero) is 1. The fraction of sp³-hybridized carbons (Fsp3) is 0.550. The fourth-order valence-electron chi connectivity index (χ4n) is 6.13.